The van der Waals surface area contributed by atoms with Crippen LogP contribution >= 0.6 is 11.6 Å². The van der Waals surface area contributed by atoms with E-state index in [4.69, 9.17) is 11.6 Å². The van der Waals surface area contributed by atoms with Crippen LogP contribution in [-0.4, -0.2) is 9.97 Å². The molecule has 0 atom stereocenters. The fraction of sp³-hybridized carbons (Fsp3) is 0.167. The van der Waals surface area contributed by atoms with Crippen molar-refractivity contribution in [3.8, 4) is 11.3 Å². The molecule has 0 bridgehead atoms. The number of benzene rings is 1. The Kier molecular flexibility index (Phi) is 3.26. The predicted molar refractivity (Wildman–Crippen MR) is 62.2 cm³/mol. The molecule has 0 spiro atoms. The maximum Gasteiger partial charge on any atom is 0.416 e. The van der Waals surface area contributed by atoms with Gasteiger partial charge in [-0.15, -0.1) is 0 Å². The molecule has 0 saturated carbocycles. The third kappa shape index (κ3) is 2.61. The van der Waals surface area contributed by atoms with Gasteiger partial charge in [0.05, 0.1) is 11.3 Å². The number of aryl methyl sites for hydroxylation is 1. The second-order valence-electron chi connectivity index (χ2n) is 3.74. The second-order valence-corrected chi connectivity index (χ2v) is 4.08. The Bertz CT molecular complexity index is 582. The third-order valence-electron chi connectivity index (χ3n) is 2.46. The third-order valence-corrected chi connectivity index (χ3v) is 2.64. The first-order valence-electron chi connectivity index (χ1n) is 5.04. The van der Waals surface area contributed by atoms with E-state index in [-0.39, 0.29) is 5.28 Å². The number of hydrogen-bond donors (Lipinski definition) is 0. The van der Waals surface area contributed by atoms with Gasteiger partial charge in [-0.1, -0.05) is 6.07 Å². The van der Waals surface area contributed by atoms with E-state index >= 15 is 0 Å². The minimum atomic E-state index is -4.34. The minimum absolute atomic E-state index is 0.0618. The number of nitrogens with zero attached hydrogens (tertiary/aromatic N) is 2. The summed E-state index contributed by atoms with van der Waals surface area (Å²) in [5.74, 6) is 0. The average Bonchev–Trinajstić information content (AvgIpc) is 2.27. The molecular weight excluding hydrogens is 265 g/mol. The Morgan fingerprint density at radius 1 is 1.17 bits per heavy atom. The van der Waals surface area contributed by atoms with Crippen LogP contribution in [0.15, 0.2) is 30.5 Å². The van der Waals surface area contributed by atoms with E-state index in [1.165, 1.54) is 12.3 Å². The Balaban J connectivity index is 2.48. The van der Waals surface area contributed by atoms with E-state index in [2.05, 4.69) is 9.97 Å². The Morgan fingerprint density at radius 2 is 1.89 bits per heavy atom. The average molecular weight is 273 g/mol. The molecule has 0 aliphatic rings. The Morgan fingerprint density at radius 3 is 2.44 bits per heavy atom. The van der Waals surface area contributed by atoms with E-state index in [0.29, 0.717) is 16.8 Å². The molecule has 0 aliphatic carbocycles. The lowest BCUT2D eigenvalue weighted by Gasteiger charge is -2.10. The van der Waals surface area contributed by atoms with Crippen molar-refractivity contribution in [2.24, 2.45) is 0 Å². The van der Waals surface area contributed by atoms with Crippen molar-refractivity contribution in [3.05, 3.63) is 46.9 Å². The van der Waals surface area contributed by atoms with Crippen molar-refractivity contribution >= 4 is 11.6 Å². The number of halogens is 4. The molecule has 0 saturated heterocycles. The molecule has 0 unspecified atom stereocenters. The molecule has 0 aliphatic heterocycles. The SMILES string of the molecule is Cc1cc(C(F)(F)F)ccc1-c1ccnc(Cl)n1. The van der Waals surface area contributed by atoms with Crippen molar-refractivity contribution in [2.45, 2.75) is 13.1 Å². The fourth-order valence-electron chi connectivity index (χ4n) is 1.61. The van der Waals surface area contributed by atoms with Crippen molar-refractivity contribution < 1.29 is 13.2 Å². The highest BCUT2D eigenvalue weighted by Crippen LogP contribution is 2.32. The van der Waals surface area contributed by atoms with Crippen molar-refractivity contribution in [3.63, 3.8) is 0 Å². The smallest absolute Gasteiger partial charge is 0.226 e. The monoisotopic (exact) mass is 272 g/mol. The molecule has 0 radical (unpaired) electrons. The summed E-state index contributed by atoms with van der Waals surface area (Å²) in [4.78, 5) is 7.70. The topological polar surface area (TPSA) is 25.8 Å². The Hall–Kier alpha value is -1.62. The van der Waals surface area contributed by atoms with Gasteiger partial charge in [0.25, 0.3) is 0 Å². The quantitative estimate of drug-likeness (QED) is 0.730. The van der Waals surface area contributed by atoms with E-state index in [9.17, 15) is 13.2 Å². The van der Waals surface area contributed by atoms with Gasteiger partial charge in [-0.2, -0.15) is 13.2 Å². The first-order valence-corrected chi connectivity index (χ1v) is 5.42. The van der Waals surface area contributed by atoms with Crippen molar-refractivity contribution in [1.82, 2.24) is 9.97 Å². The molecule has 2 nitrogen and oxygen atoms in total. The van der Waals surface area contributed by atoms with Crippen LogP contribution in [-0.2, 0) is 6.18 Å². The van der Waals surface area contributed by atoms with Crippen molar-refractivity contribution in [2.75, 3.05) is 0 Å². The van der Waals surface area contributed by atoms with Gasteiger partial charge in [-0.3, -0.25) is 0 Å². The predicted octanol–water partition coefficient (Wildman–Crippen LogP) is 4.12. The summed E-state index contributed by atoms with van der Waals surface area (Å²) >= 11 is 5.65. The zero-order valence-corrected chi connectivity index (χ0v) is 10.0. The lowest BCUT2D eigenvalue weighted by atomic mass is 10.0. The summed E-state index contributed by atoms with van der Waals surface area (Å²) in [6.07, 6.45) is -2.88. The number of alkyl halides is 3. The van der Waals surface area contributed by atoms with Gasteiger partial charge in [-0.05, 0) is 42.3 Å². The molecule has 2 aromatic rings. The largest absolute Gasteiger partial charge is 0.416 e. The van der Waals surface area contributed by atoms with Crippen LogP contribution in [0, 0.1) is 6.92 Å². The summed E-state index contributed by atoms with van der Waals surface area (Å²) in [7, 11) is 0. The van der Waals surface area contributed by atoms with E-state index in [0.717, 1.165) is 12.1 Å². The standard InChI is InChI=1S/C12H8ClF3N2/c1-7-6-8(12(14,15)16)2-3-9(7)10-4-5-17-11(13)18-10/h2-6H,1H3. The van der Waals surface area contributed by atoms with Gasteiger partial charge in [-0.25, -0.2) is 9.97 Å². The molecule has 94 valence electrons. The van der Waals surface area contributed by atoms with Crippen LogP contribution < -0.4 is 0 Å². The number of rotatable bonds is 1. The number of hydrogen-bond acceptors (Lipinski definition) is 2. The maximum absolute atomic E-state index is 12.5. The summed E-state index contributed by atoms with van der Waals surface area (Å²) in [5.41, 5.74) is 0.914. The van der Waals surface area contributed by atoms with Gasteiger partial charge < -0.3 is 0 Å². The first-order chi connectivity index (χ1) is 8.38. The normalized spacial score (nSPS) is 11.6. The summed E-state index contributed by atoms with van der Waals surface area (Å²) in [6, 6.07) is 5.10. The van der Waals surface area contributed by atoms with Gasteiger partial charge in [0, 0.05) is 11.8 Å². The molecule has 1 aromatic carbocycles. The molecule has 1 heterocycles. The van der Waals surface area contributed by atoms with Crippen LogP contribution in [0.2, 0.25) is 5.28 Å². The zero-order valence-electron chi connectivity index (χ0n) is 9.29. The van der Waals surface area contributed by atoms with E-state index < -0.39 is 11.7 Å². The van der Waals surface area contributed by atoms with Crippen LogP contribution in [0.25, 0.3) is 11.3 Å². The molecule has 0 fully saturated rings. The van der Waals surface area contributed by atoms with Crippen LogP contribution in [0.3, 0.4) is 0 Å². The minimum Gasteiger partial charge on any atom is -0.226 e. The van der Waals surface area contributed by atoms with Crippen LogP contribution in [0.4, 0.5) is 13.2 Å². The van der Waals surface area contributed by atoms with Gasteiger partial charge >= 0.3 is 6.18 Å². The molecule has 1 aromatic heterocycles. The van der Waals surface area contributed by atoms with Crippen LogP contribution in [0.5, 0.6) is 0 Å². The lowest BCUT2D eigenvalue weighted by Crippen LogP contribution is -2.05. The first kappa shape index (κ1) is 12.8. The highest BCUT2D eigenvalue weighted by Gasteiger charge is 2.30. The summed E-state index contributed by atoms with van der Waals surface area (Å²) in [5, 5.41) is 0.0618. The molecule has 2 rings (SSSR count). The van der Waals surface area contributed by atoms with Gasteiger partial charge in [0.1, 0.15) is 0 Å². The van der Waals surface area contributed by atoms with Gasteiger partial charge in [0.2, 0.25) is 5.28 Å². The highest BCUT2D eigenvalue weighted by molar-refractivity contribution is 6.28. The molecular formula is C12H8ClF3N2. The van der Waals surface area contributed by atoms with Gasteiger partial charge in [0.15, 0.2) is 0 Å². The molecule has 6 heteroatoms. The van der Waals surface area contributed by atoms with E-state index in [1.807, 2.05) is 0 Å². The lowest BCUT2D eigenvalue weighted by molar-refractivity contribution is -0.137. The van der Waals surface area contributed by atoms with Crippen molar-refractivity contribution in [1.29, 1.82) is 0 Å². The maximum atomic E-state index is 12.5. The zero-order chi connectivity index (χ0) is 13.3. The Labute approximate surface area is 106 Å². The fourth-order valence-corrected chi connectivity index (χ4v) is 1.76. The summed E-state index contributed by atoms with van der Waals surface area (Å²) < 4.78 is 37.6. The summed E-state index contributed by atoms with van der Waals surface area (Å²) in [6.45, 7) is 1.60. The molecule has 0 N–H and O–H groups in total. The molecule has 18 heavy (non-hydrogen) atoms. The van der Waals surface area contributed by atoms with Crippen LogP contribution in [0.1, 0.15) is 11.1 Å². The molecule has 0 amide bonds. The number of aromatic nitrogens is 2. The highest BCUT2D eigenvalue weighted by atomic mass is 35.5. The second kappa shape index (κ2) is 4.57. The van der Waals surface area contributed by atoms with E-state index in [1.54, 1.807) is 13.0 Å².